The van der Waals surface area contributed by atoms with Crippen molar-refractivity contribution >= 4 is 25.5 Å². The molecule has 3 heterocycles. The zero-order valence-corrected chi connectivity index (χ0v) is 12.9. The van der Waals surface area contributed by atoms with Crippen LogP contribution < -0.4 is 15.1 Å². The molecule has 11 heteroatoms. The summed E-state index contributed by atoms with van der Waals surface area (Å²) in [6, 6.07) is 0. The Morgan fingerprint density at radius 3 is 2.45 bits per heavy atom. The lowest BCUT2D eigenvalue weighted by atomic mass is 10.3. The molecule has 0 bridgehead atoms. The van der Waals surface area contributed by atoms with Gasteiger partial charge in [-0.3, -0.25) is 9.69 Å². The number of nitrogens with zero attached hydrogens (tertiary/aromatic N) is 4. The van der Waals surface area contributed by atoms with Gasteiger partial charge in [0.25, 0.3) is 0 Å². The Hall–Kier alpha value is -1.58. The van der Waals surface area contributed by atoms with Gasteiger partial charge in [0.1, 0.15) is 5.82 Å². The summed E-state index contributed by atoms with van der Waals surface area (Å²) in [6.07, 6.45) is 2.20. The molecule has 22 heavy (non-hydrogen) atoms. The first kappa shape index (κ1) is 16.8. The normalized spacial score (nSPS) is 17.9. The van der Waals surface area contributed by atoms with E-state index in [1.54, 1.807) is 18.1 Å². The summed E-state index contributed by atoms with van der Waals surface area (Å²) < 4.78 is 8.88. The second-order valence-corrected chi connectivity index (χ2v) is 5.93. The highest BCUT2D eigenvalue weighted by molar-refractivity contribution is 7.45. The highest BCUT2D eigenvalue weighted by Crippen LogP contribution is 2.26. The number of anilines is 2. The number of rotatable bonds is 1. The smallest absolute Gasteiger partial charge is 0.338 e. The predicted molar refractivity (Wildman–Crippen MR) is 78.5 cm³/mol. The van der Waals surface area contributed by atoms with Gasteiger partial charge < -0.3 is 24.9 Å². The number of phosphoric acid groups is 1. The van der Waals surface area contributed by atoms with Crippen LogP contribution in [0.2, 0.25) is 0 Å². The number of fused-ring (bicyclic) bond motifs is 1. The molecule has 0 aromatic carbocycles. The number of carbonyl (C=O) groups excluding carboxylic acids is 1. The molecule has 4 N–H and O–H groups in total. The van der Waals surface area contributed by atoms with E-state index in [-0.39, 0.29) is 5.91 Å². The van der Waals surface area contributed by atoms with E-state index in [1.807, 2.05) is 0 Å². The summed E-state index contributed by atoms with van der Waals surface area (Å²) in [4.78, 5) is 45.7. The highest BCUT2D eigenvalue weighted by atomic mass is 31.2. The fourth-order valence-corrected chi connectivity index (χ4v) is 2.22. The quantitative estimate of drug-likeness (QED) is 0.452. The van der Waals surface area contributed by atoms with E-state index in [2.05, 4.69) is 20.2 Å². The molecule has 0 aliphatic carbocycles. The van der Waals surface area contributed by atoms with Crippen molar-refractivity contribution in [1.29, 1.82) is 0 Å². The van der Waals surface area contributed by atoms with Gasteiger partial charge >= 0.3 is 7.82 Å². The van der Waals surface area contributed by atoms with Crippen LogP contribution in [0.25, 0.3) is 0 Å². The SMILES string of the molecule is CN1C(=O)Cc2cnc(N3CCNCC3)nc21.O=P(O)(O)O. The molecular weight excluding hydrogens is 313 g/mol. The molecule has 0 atom stereocenters. The lowest BCUT2D eigenvalue weighted by Gasteiger charge is -2.27. The van der Waals surface area contributed by atoms with E-state index >= 15 is 0 Å². The molecule has 1 saturated heterocycles. The second-order valence-electron chi connectivity index (χ2n) is 4.90. The van der Waals surface area contributed by atoms with Gasteiger partial charge in [0.2, 0.25) is 11.9 Å². The van der Waals surface area contributed by atoms with Gasteiger partial charge in [0.15, 0.2) is 0 Å². The summed E-state index contributed by atoms with van der Waals surface area (Å²) in [5.74, 6) is 1.58. The monoisotopic (exact) mass is 331 g/mol. The van der Waals surface area contributed by atoms with E-state index in [0.717, 1.165) is 43.5 Å². The van der Waals surface area contributed by atoms with Crippen molar-refractivity contribution in [1.82, 2.24) is 15.3 Å². The minimum absolute atomic E-state index is 0.0896. The van der Waals surface area contributed by atoms with Crippen molar-refractivity contribution in [2.45, 2.75) is 6.42 Å². The van der Waals surface area contributed by atoms with Gasteiger partial charge in [-0.05, 0) is 0 Å². The van der Waals surface area contributed by atoms with Crippen molar-refractivity contribution in [3.05, 3.63) is 11.8 Å². The molecule has 2 aliphatic rings. The van der Waals surface area contributed by atoms with Crippen LogP contribution in [0.4, 0.5) is 11.8 Å². The average Bonchev–Trinajstić information content (AvgIpc) is 2.73. The summed E-state index contributed by atoms with van der Waals surface area (Å²) in [5, 5.41) is 3.29. The number of amides is 1. The van der Waals surface area contributed by atoms with Gasteiger partial charge in [-0.2, -0.15) is 4.98 Å². The van der Waals surface area contributed by atoms with Gasteiger partial charge in [0, 0.05) is 45.0 Å². The number of hydrogen-bond donors (Lipinski definition) is 4. The van der Waals surface area contributed by atoms with Crippen molar-refractivity contribution < 1.29 is 24.0 Å². The highest BCUT2D eigenvalue weighted by Gasteiger charge is 2.27. The van der Waals surface area contributed by atoms with Crippen molar-refractivity contribution in [3.8, 4) is 0 Å². The number of aromatic nitrogens is 2. The van der Waals surface area contributed by atoms with Crippen LogP contribution in [0, 0.1) is 0 Å². The first-order chi connectivity index (χ1) is 10.3. The Labute approximate surface area is 127 Å². The Bertz CT molecular complexity index is 592. The van der Waals surface area contributed by atoms with Crippen LogP contribution >= 0.6 is 7.82 Å². The van der Waals surface area contributed by atoms with Crippen LogP contribution in [-0.2, 0) is 15.8 Å². The zero-order valence-electron chi connectivity index (χ0n) is 12.0. The predicted octanol–water partition coefficient (Wildman–Crippen LogP) is -1.52. The molecule has 1 aromatic heterocycles. The molecule has 0 spiro atoms. The van der Waals surface area contributed by atoms with Crippen molar-refractivity contribution in [2.75, 3.05) is 43.0 Å². The lowest BCUT2D eigenvalue weighted by molar-refractivity contribution is -0.117. The summed E-state index contributed by atoms with van der Waals surface area (Å²) in [7, 11) is -2.87. The first-order valence-electron chi connectivity index (χ1n) is 6.62. The third kappa shape index (κ3) is 4.46. The third-order valence-electron chi connectivity index (χ3n) is 3.26. The summed E-state index contributed by atoms with van der Waals surface area (Å²) in [5.41, 5.74) is 0.927. The average molecular weight is 331 g/mol. The van der Waals surface area contributed by atoms with Gasteiger partial charge in [-0.15, -0.1) is 0 Å². The minimum atomic E-state index is -4.64. The number of likely N-dealkylation sites (N-methyl/N-ethyl adjacent to an activating group) is 1. The molecular formula is C11H18N5O5P. The molecule has 0 unspecified atom stereocenters. The first-order valence-corrected chi connectivity index (χ1v) is 8.18. The van der Waals surface area contributed by atoms with Gasteiger partial charge in [-0.1, -0.05) is 0 Å². The molecule has 0 radical (unpaired) electrons. The third-order valence-corrected chi connectivity index (χ3v) is 3.26. The maximum atomic E-state index is 11.6. The van der Waals surface area contributed by atoms with Crippen molar-refractivity contribution in [2.24, 2.45) is 0 Å². The van der Waals surface area contributed by atoms with E-state index in [0.29, 0.717) is 6.42 Å². The molecule has 1 aromatic rings. The fraction of sp³-hybridized carbons (Fsp3) is 0.545. The molecule has 3 rings (SSSR count). The molecule has 122 valence electrons. The largest absolute Gasteiger partial charge is 0.466 e. The maximum absolute atomic E-state index is 11.6. The number of piperazine rings is 1. The van der Waals surface area contributed by atoms with Gasteiger partial charge in [0.05, 0.1) is 6.42 Å². The summed E-state index contributed by atoms with van der Waals surface area (Å²) >= 11 is 0. The standard InChI is InChI=1S/C11H15N5O.H3O4P/c1-15-9(17)6-8-7-13-11(14-10(8)15)16-4-2-12-3-5-16;1-5(2,3)4/h7,12H,2-6H2,1H3;(H3,1,2,3,4). The Kier molecular flexibility index (Phi) is 5.09. The van der Waals surface area contributed by atoms with E-state index in [9.17, 15) is 4.79 Å². The molecule has 2 aliphatic heterocycles. The topological polar surface area (TPSA) is 139 Å². The number of carbonyl (C=O) groups is 1. The minimum Gasteiger partial charge on any atom is -0.338 e. The Balaban J connectivity index is 0.000000309. The van der Waals surface area contributed by atoms with Crippen LogP contribution in [0.15, 0.2) is 6.20 Å². The lowest BCUT2D eigenvalue weighted by Crippen LogP contribution is -2.44. The van der Waals surface area contributed by atoms with Gasteiger partial charge in [-0.25, -0.2) is 9.55 Å². The second kappa shape index (κ2) is 6.67. The Morgan fingerprint density at radius 1 is 1.27 bits per heavy atom. The fourth-order valence-electron chi connectivity index (χ4n) is 2.22. The molecule has 1 amide bonds. The molecule has 0 saturated carbocycles. The summed E-state index contributed by atoms with van der Waals surface area (Å²) in [6.45, 7) is 3.73. The maximum Gasteiger partial charge on any atom is 0.466 e. The number of hydrogen-bond acceptors (Lipinski definition) is 6. The van der Waals surface area contributed by atoms with Crippen LogP contribution in [0.1, 0.15) is 5.56 Å². The van der Waals surface area contributed by atoms with E-state index in [4.69, 9.17) is 19.2 Å². The van der Waals surface area contributed by atoms with E-state index < -0.39 is 7.82 Å². The number of nitrogens with one attached hydrogen (secondary N) is 1. The van der Waals surface area contributed by atoms with Crippen LogP contribution in [-0.4, -0.2) is 63.8 Å². The van der Waals surface area contributed by atoms with Crippen LogP contribution in [0.3, 0.4) is 0 Å². The van der Waals surface area contributed by atoms with Crippen LogP contribution in [0.5, 0.6) is 0 Å². The molecule has 1 fully saturated rings. The van der Waals surface area contributed by atoms with Crippen molar-refractivity contribution in [3.63, 3.8) is 0 Å². The Morgan fingerprint density at radius 2 is 1.86 bits per heavy atom. The molecule has 10 nitrogen and oxygen atoms in total. The van der Waals surface area contributed by atoms with E-state index in [1.165, 1.54) is 0 Å². The zero-order chi connectivity index (χ0) is 16.3.